The standard InChI is InChI=1S/C16H24N2/c1-13-5-6-14-4-3-9-18(15(14)10-13)12-16(2)7-8-17-11-16/h5-6,10,17H,3-4,7-9,11-12H2,1-2H3. The Hall–Kier alpha value is -1.02. The van der Waals surface area contributed by atoms with Crippen LogP contribution in [0.4, 0.5) is 5.69 Å². The van der Waals surface area contributed by atoms with E-state index in [1.54, 1.807) is 5.56 Å². The van der Waals surface area contributed by atoms with Gasteiger partial charge >= 0.3 is 0 Å². The van der Waals surface area contributed by atoms with Gasteiger partial charge in [-0.25, -0.2) is 0 Å². The topological polar surface area (TPSA) is 15.3 Å². The van der Waals surface area contributed by atoms with Gasteiger partial charge in [-0.1, -0.05) is 19.1 Å². The molecule has 0 amide bonds. The predicted molar refractivity (Wildman–Crippen MR) is 77.3 cm³/mol. The maximum Gasteiger partial charge on any atom is 0.0401 e. The first-order chi connectivity index (χ1) is 8.66. The van der Waals surface area contributed by atoms with Crippen LogP contribution in [0.1, 0.15) is 30.9 Å². The number of aryl methyl sites for hydroxylation is 2. The minimum atomic E-state index is 0.457. The van der Waals surface area contributed by atoms with Gasteiger partial charge in [0, 0.05) is 25.3 Å². The quantitative estimate of drug-likeness (QED) is 0.860. The lowest BCUT2D eigenvalue weighted by atomic mass is 9.87. The molecule has 1 aromatic carbocycles. The van der Waals surface area contributed by atoms with E-state index in [9.17, 15) is 0 Å². The van der Waals surface area contributed by atoms with Crippen LogP contribution in [0.3, 0.4) is 0 Å². The molecule has 1 unspecified atom stereocenters. The number of nitrogens with zero attached hydrogens (tertiary/aromatic N) is 1. The zero-order chi connectivity index (χ0) is 12.6. The zero-order valence-electron chi connectivity index (χ0n) is 11.6. The Labute approximate surface area is 110 Å². The first kappa shape index (κ1) is 12.0. The molecule has 0 aromatic heterocycles. The second kappa shape index (κ2) is 4.58. The maximum atomic E-state index is 3.51. The summed E-state index contributed by atoms with van der Waals surface area (Å²) in [4.78, 5) is 2.62. The average molecular weight is 244 g/mol. The van der Waals surface area contributed by atoms with E-state index in [0.717, 1.165) is 0 Å². The molecule has 3 rings (SSSR count). The molecule has 1 aromatic rings. The van der Waals surface area contributed by atoms with Crippen LogP contribution in [-0.2, 0) is 6.42 Å². The highest BCUT2D eigenvalue weighted by Crippen LogP contribution is 2.33. The van der Waals surface area contributed by atoms with Gasteiger partial charge in [-0.3, -0.25) is 0 Å². The van der Waals surface area contributed by atoms with Crippen LogP contribution < -0.4 is 10.2 Å². The van der Waals surface area contributed by atoms with Gasteiger partial charge in [0.05, 0.1) is 0 Å². The van der Waals surface area contributed by atoms with E-state index in [-0.39, 0.29) is 0 Å². The fourth-order valence-electron chi connectivity index (χ4n) is 3.39. The third kappa shape index (κ3) is 2.26. The SMILES string of the molecule is Cc1ccc2c(c1)N(CC1(C)CCNC1)CCC2. The molecule has 0 spiro atoms. The van der Waals surface area contributed by atoms with E-state index in [1.165, 1.54) is 56.7 Å². The van der Waals surface area contributed by atoms with E-state index in [4.69, 9.17) is 0 Å². The van der Waals surface area contributed by atoms with Gasteiger partial charge in [-0.15, -0.1) is 0 Å². The maximum absolute atomic E-state index is 3.51. The number of hydrogen-bond acceptors (Lipinski definition) is 2. The van der Waals surface area contributed by atoms with Crippen molar-refractivity contribution < 1.29 is 0 Å². The normalized spacial score (nSPS) is 27.3. The molecule has 2 aliphatic heterocycles. The largest absolute Gasteiger partial charge is 0.371 e. The number of rotatable bonds is 2. The number of nitrogens with one attached hydrogen (secondary N) is 1. The third-order valence-electron chi connectivity index (χ3n) is 4.49. The van der Waals surface area contributed by atoms with E-state index in [2.05, 4.69) is 42.3 Å². The number of benzene rings is 1. The summed E-state index contributed by atoms with van der Waals surface area (Å²) in [6, 6.07) is 6.95. The molecule has 0 saturated carbocycles. The molecule has 1 saturated heterocycles. The molecule has 2 aliphatic rings. The zero-order valence-corrected chi connectivity index (χ0v) is 11.6. The van der Waals surface area contributed by atoms with Crippen molar-refractivity contribution in [2.24, 2.45) is 5.41 Å². The monoisotopic (exact) mass is 244 g/mol. The summed E-state index contributed by atoms with van der Waals surface area (Å²) in [6.07, 6.45) is 3.87. The van der Waals surface area contributed by atoms with Gasteiger partial charge in [0.15, 0.2) is 0 Å². The van der Waals surface area contributed by atoms with Gasteiger partial charge in [-0.05, 0) is 55.3 Å². The fourth-order valence-corrected chi connectivity index (χ4v) is 3.39. The van der Waals surface area contributed by atoms with E-state index >= 15 is 0 Å². The van der Waals surface area contributed by atoms with Crippen molar-refractivity contribution in [2.75, 3.05) is 31.1 Å². The summed E-state index contributed by atoms with van der Waals surface area (Å²) in [5.41, 5.74) is 4.88. The summed E-state index contributed by atoms with van der Waals surface area (Å²) in [5, 5.41) is 3.51. The van der Waals surface area contributed by atoms with Gasteiger partial charge in [-0.2, -0.15) is 0 Å². The number of fused-ring (bicyclic) bond motifs is 1. The Kier molecular flexibility index (Phi) is 3.06. The van der Waals surface area contributed by atoms with Crippen molar-refractivity contribution in [3.05, 3.63) is 29.3 Å². The summed E-state index contributed by atoms with van der Waals surface area (Å²) >= 11 is 0. The number of anilines is 1. The molecular weight excluding hydrogens is 220 g/mol. The van der Waals surface area contributed by atoms with Gasteiger partial charge < -0.3 is 10.2 Å². The molecule has 2 heteroatoms. The smallest absolute Gasteiger partial charge is 0.0401 e. The molecule has 1 N–H and O–H groups in total. The highest BCUT2D eigenvalue weighted by molar-refractivity contribution is 5.57. The molecule has 2 nitrogen and oxygen atoms in total. The first-order valence-corrected chi connectivity index (χ1v) is 7.22. The Balaban J connectivity index is 1.84. The van der Waals surface area contributed by atoms with Crippen molar-refractivity contribution in [1.82, 2.24) is 5.32 Å². The van der Waals surface area contributed by atoms with Gasteiger partial charge in [0.25, 0.3) is 0 Å². The van der Waals surface area contributed by atoms with Crippen molar-refractivity contribution in [3.63, 3.8) is 0 Å². The van der Waals surface area contributed by atoms with Crippen molar-refractivity contribution in [3.8, 4) is 0 Å². The second-order valence-electron chi connectivity index (χ2n) is 6.39. The molecule has 2 heterocycles. The number of hydrogen-bond donors (Lipinski definition) is 1. The average Bonchev–Trinajstić information content (AvgIpc) is 2.77. The van der Waals surface area contributed by atoms with Crippen LogP contribution in [-0.4, -0.2) is 26.2 Å². The Bertz CT molecular complexity index is 433. The van der Waals surface area contributed by atoms with Crippen LogP contribution in [0.25, 0.3) is 0 Å². The van der Waals surface area contributed by atoms with Gasteiger partial charge in [0.2, 0.25) is 0 Å². The molecule has 0 radical (unpaired) electrons. The van der Waals surface area contributed by atoms with E-state index < -0.39 is 0 Å². The molecule has 1 atom stereocenters. The van der Waals surface area contributed by atoms with Crippen LogP contribution in [0, 0.1) is 12.3 Å². The van der Waals surface area contributed by atoms with E-state index in [0.29, 0.717) is 5.41 Å². The lowest BCUT2D eigenvalue weighted by molar-refractivity contribution is 0.361. The Morgan fingerprint density at radius 1 is 1.39 bits per heavy atom. The minimum absolute atomic E-state index is 0.457. The Morgan fingerprint density at radius 2 is 2.28 bits per heavy atom. The van der Waals surface area contributed by atoms with Crippen LogP contribution in [0.15, 0.2) is 18.2 Å². The second-order valence-corrected chi connectivity index (χ2v) is 6.39. The molecule has 98 valence electrons. The van der Waals surface area contributed by atoms with Crippen LogP contribution in [0.2, 0.25) is 0 Å². The fraction of sp³-hybridized carbons (Fsp3) is 0.625. The lowest BCUT2D eigenvalue weighted by Gasteiger charge is -2.37. The van der Waals surface area contributed by atoms with E-state index in [1.807, 2.05) is 0 Å². The highest BCUT2D eigenvalue weighted by Gasteiger charge is 2.32. The Morgan fingerprint density at radius 3 is 3.06 bits per heavy atom. The summed E-state index contributed by atoms with van der Waals surface area (Å²) in [5.74, 6) is 0. The summed E-state index contributed by atoms with van der Waals surface area (Å²) in [7, 11) is 0. The third-order valence-corrected chi connectivity index (χ3v) is 4.49. The minimum Gasteiger partial charge on any atom is -0.371 e. The van der Waals surface area contributed by atoms with Crippen molar-refractivity contribution >= 4 is 5.69 Å². The first-order valence-electron chi connectivity index (χ1n) is 7.22. The van der Waals surface area contributed by atoms with Crippen molar-refractivity contribution in [2.45, 2.75) is 33.1 Å². The summed E-state index contributed by atoms with van der Waals surface area (Å²) < 4.78 is 0. The van der Waals surface area contributed by atoms with Crippen molar-refractivity contribution in [1.29, 1.82) is 0 Å². The van der Waals surface area contributed by atoms with Crippen LogP contribution in [0.5, 0.6) is 0 Å². The molecule has 18 heavy (non-hydrogen) atoms. The van der Waals surface area contributed by atoms with Gasteiger partial charge in [0.1, 0.15) is 0 Å². The molecule has 0 bridgehead atoms. The summed E-state index contributed by atoms with van der Waals surface area (Å²) in [6.45, 7) is 9.42. The highest BCUT2D eigenvalue weighted by atomic mass is 15.2. The van der Waals surface area contributed by atoms with Crippen LogP contribution >= 0.6 is 0 Å². The molecular formula is C16H24N2. The predicted octanol–water partition coefficient (Wildman–Crippen LogP) is 2.75. The lowest BCUT2D eigenvalue weighted by Crippen LogP contribution is -2.40. The molecule has 0 aliphatic carbocycles. The molecule has 1 fully saturated rings.